The number of amides is 1. The number of hydrogen-bond donors (Lipinski definition) is 2. The van der Waals surface area contributed by atoms with Crippen LogP contribution in [0.15, 0.2) is 30.3 Å². The highest BCUT2D eigenvalue weighted by molar-refractivity contribution is 5.85. The van der Waals surface area contributed by atoms with Crippen molar-refractivity contribution in [1.82, 2.24) is 10.2 Å². The second-order valence-corrected chi connectivity index (χ2v) is 6.87. The van der Waals surface area contributed by atoms with Crippen molar-refractivity contribution in [2.24, 2.45) is 5.73 Å². The van der Waals surface area contributed by atoms with Gasteiger partial charge in [0.05, 0.1) is 12.1 Å². The summed E-state index contributed by atoms with van der Waals surface area (Å²) in [5, 5.41) is 2.89. The van der Waals surface area contributed by atoms with Crippen LogP contribution in [0, 0.1) is 0 Å². The van der Waals surface area contributed by atoms with Crippen molar-refractivity contribution in [3.8, 4) is 0 Å². The number of rotatable bonds is 10. The molecule has 1 fully saturated rings. The number of nitrogens with one attached hydrogen (secondary N) is 1. The molecule has 0 bridgehead atoms. The third kappa shape index (κ3) is 8.49. The summed E-state index contributed by atoms with van der Waals surface area (Å²) in [5.41, 5.74) is 7.15. The third-order valence-electron chi connectivity index (χ3n) is 4.69. The van der Waals surface area contributed by atoms with E-state index in [4.69, 9.17) is 10.5 Å². The molecule has 3 N–H and O–H groups in total. The van der Waals surface area contributed by atoms with Crippen LogP contribution in [0.25, 0.3) is 0 Å². The molecule has 1 saturated heterocycles. The van der Waals surface area contributed by atoms with E-state index in [0.29, 0.717) is 19.3 Å². The van der Waals surface area contributed by atoms with E-state index in [1.165, 1.54) is 5.56 Å². The first-order chi connectivity index (χ1) is 12.2. The van der Waals surface area contributed by atoms with Crippen molar-refractivity contribution in [1.29, 1.82) is 0 Å². The SMILES string of the molecule is CCCC(N)C(=O)NCCCOC1CCN(Cc2ccccc2)CC1.Cl. The Hall–Kier alpha value is -1.14. The number of carbonyl (C=O) groups is 1. The molecule has 1 aliphatic rings. The lowest BCUT2D eigenvalue weighted by Crippen LogP contribution is -2.41. The minimum atomic E-state index is -0.375. The minimum absolute atomic E-state index is 0. The minimum Gasteiger partial charge on any atom is -0.378 e. The number of hydrogen-bond acceptors (Lipinski definition) is 4. The first-order valence-electron chi connectivity index (χ1n) is 9.60. The Bertz CT molecular complexity index is 493. The number of ether oxygens (including phenoxy) is 1. The molecular weight excluding hydrogens is 350 g/mol. The van der Waals surface area contributed by atoms with Crippen LogP contribution >= 0.6 is 12.4 Å². The summed E-state index contributed by atoms with van der Waals surface area (Å²) in [5.74, 6) is -0.0453. The average molecular weight is 384 g/mol. The van der Waals surface area contributed by atoms with Crippen LogP contribution in [-0.2, 0) is 16.1 Å². The number of nitrogens with two attached hydrogens (primary N) is 1. The Morgan fingerprint density at radius 2 is 2.00 bits per heavy atom. The highest BCUT2D eigenvalue weighted by Crippen LogP contribution is 2.16. The molecular formula is C20H34ClN3O2. The van der Waals surface area contributed by atoms with Crippen LogP contribution in [0.1, 0.15) is 44.6 Å². The molecule has 1 amide bonds. The van der Waals surface area contributed by atoms with Gasteiger partial charge in [-0.05, 0) is 31.2 Å². The summed E-state index contributed by atoms with van der Waals surface area (Å²) in [6.07, 6.45) is 5.03. The van der Waals surface area contributed by atoms with Crippen LogP contribution in [-0.4, -0.2) is 49.2 Å². The Balaban J connectivity index is 0.00000338. The Labute approximate surface area is 164 Å². The van der Waals surface area contributed by atoms with E-state index in [2.05, 4.69) is 40.5 Å². The van der Waals surface area contributed by atoms with Crippen molar-refractivity contribution >= 4 is 18.3 Å². The quantitative estimate of drug-likeness (QED) is 0.609. The zero-order valence-corrected chi connectivity index (χ0v) is 16.7. The van der Waals surface area contributed by atoms with E-state index in [9.17, 15) is 4.79 Å². The summed E-state index contributed by atoms with van der Waals surface area (Å²) < 4.78 is 5.96. The summed E-state index contributed by atoms with van der Waals surface area (Å²) in [6.45, 7) is 6.57. The summed E-state index contributed by atoms with van der Waals surface area (Å²) in [7, 11) is 0. The topological polar surface area (TPSA) is 67.6 Å². The van der Waals surface area contributed by atoms with E-state index in [0.717, 1.165) is 51.7 Å². The average Bonchev–Trinajstić information content (AvgIpc) is 2.63. The number of likely N-dealkylation sites (tertiary alicyclic amines) is 1. The maximum Gasteiger partial charge on any atom is 0.236 e. The molecule has 5 nitrogen and oxygen atoms in total. The maximum absolute atomic E-state index is 11.7. The molecule has 26 heavy (non-hydrogen) atoms. The molecule has 148 valence electrons. The lowest BCUT2D eigenvalue weighted by molar-refractivity contribution is -0.122. The second kappa shape index (κ2) is 13.1. The highest BCUT2D eigenvalue weighted by Gasteiger charge is 2.19. The first-order valence-corrected chi connectivity index (χ1v) is 9.60. The fraction of sp³-hybridized carbons (Fsp3) is 0.650. The van der Waals surface area contributed by atoms with Gasteiger partial charge in [0, 0.05) is 32.8 Å². The van der Waals surface area contributed by atoms with Crippen LogP contribution in [0.3, 0.4) is 0 Å². The zero-order chi connectivity index (χ0) is 17.9. The first kappa shape index (κ1) is 22.9. The molecule has 0 spiro atoms. The van der Waals surface area contributed by atoms with E-state index in [1.807, 2.05) is 6.92 Å². The van der Waals surface area contributed by atoms with Gasteiger partial charge in [-0.1, -0.05) is 43.7 Å². The second-order valence-electron chi connectivity index (χ2n) is 6.87. The third-order valence-corrected chi connectivity index (χ3v) is 4.69. The number of nitrogens with zero attached hydrogens (tertiary/aromatic N) is 1. The molecule has 2 rings (SSSR count). The monoisotopic (exact) mass is 383 g/mol. The van der Waals surface area contributed by atoms with Gasteiger partial charge in [-0.25, -0.2) is 0 Å². The van der Waals surface area contributed by atoms with Crippen molar-refractivity contribution in [2.75, 3.05) is 26.2 Å². The van der Waals surface area contributed by atoms with Gasteiger partial charge >= 0.3 is 0 Å². The lowest BCUT2D eigenvalue weighted by Gasteiger charge is -2.32. The normalized spacial score (nSPS) is 16.7. The van der Waals surface area contributed by atoms with E-state index in [-0.39, 0.29) is 24.4 Å². The fourth-order valence-electron chi connectivity index (χ4n) is 3.18. The molecule has 0 aromatic heterocycles. The van der Waals surface area contributed by atoms with Crippen molar-refractivity contribution in [3.05, 3.63) is 35.9 Å². The largest absolute Gasteiger partial charge is 0.378 e. The molecule has 1 heterocycles. The van der Waals surface area contributed by atoms with E-state index in [1.54, 1.807) is 0 Å². The number of piperidine rings is 1. The maximum atomic E-state index is 11.7. The van der Waals surface area contributed by atoms with Crippen molar-refractivity contribution in [2.45, 2.75) is 57.7 Å². The molecule has 6 heteroatoms. The van der Waals surface area contributed by atoms with Crippen molar-refractivity contribution in [3.63, 3.8) is 0 Å². The van der Waals surface area contributed by atoms with Gasteiger partial charge in [0.2, 0.25) is 5.91 Å². The molecule has 0 radical (unpaired) electrons. The Kier molecular flexibility index (Phi) is 11.5. The van der Waals surface area contributed by atoms with Crippen LogP contribution < -0.4 is 11.1 Å². The number of carbonyl (C=O) groups excluding carboxylic acids is 1. The molecule has 1 aromatic carbocycles. The van der Waals surface area contributed by atoms with Gasteiger partial charge in [-0.15, -0.1) is 12.4 Å². The molecule has 1 atom stereocenters. The highest BCUT2D eigenvalue weighted by atomic mass is 35.5. The van der Waals surface area contributed by atoms with Gasteiger partial charge in [0.1, 0.15) is 0 Å². The van der Waals surface area contributed by atoms with E-state index < -0.39 is 0 Å². The lowest BCUT2D eigenvalue weighted by atomic mass is 10.1. The molecule has 1 aromatic rings. The van der Waals surface area contributed by atoms with Crippen LogP contribution in [0.5, 0.6) is 0 Å². The fourth-order valence-corrected chi connectivity index (χ4v) is 3.18. The zero-order valence-electron chi connectivity index (χ0n) is 15.9. The number of benzene rings is 1. The van der Waals surface area contributed by atoms with Crippen molar-refractivity contribution < 1.29 is 9.53 Å². The smallest absolute Gasteiger partial charge is 0.236 e. The molecule has 0 aliphatic carbocycles. The molecule has 1 aliphatic heterocycles. The van der Waals surface area contributed by atoms with Gasteiger partial charge in [-0.2, -0.15) is 0 Å². The predicted molar refractivity (Wildman–Crippen MR) is 108 cm³/mol. The summed E-state index contributed by atoms with van der Waals surface area (Å²) in [6, 6.07) is 10.2. The van der Waals surface area contributed by atoms with Crippen LogP contribution in [0.4, 0.5) is 0 Å². The molecule has 1 unspecified atom stereocenters. The van der Waals surface area contributed by atoms with Gasteiger partial charge in [0.25, 0.3) is 0 Å². The Morgan fingerprint density at radius 3 is 2.65 bits per heavy atom. The Morgan fingerprint density at radius 1 is 1.31 bits per heavy atom. The molecule has 0 saturated carbocycles. The number of halogens is 1. The predicted octanol–water partition coefficient (Wildman–Crippen LogP) is 2.72. The standard InChI is InChI=1S/C20H33N3O2.ClH/c1-2-7-19(21)20(24)22-12-6-15-25-18-10-13-23(14-11-18)16-17-8-4-3-5-9-17;/h3-5,8-9,18-19H,2,6-7,10-16,21H2,1H3,(H,22,24);1H. The van der Waals surface area contributed by atoms with E-state index >= 15 is 0 Å². The van der Waals surface area contributed by atoms with Gasteiger partial charge in [0.15, 0.2) is 0 Å². The summed E-state index contributed by atoms with van der Waals surface area (Å²) >= 11 is 0. The van der Waals surface area contributed by atoms with Gasteiger partial charge < -0.3 is 15.8 Å². The van der Waals surface area contributed by atoms with Gasteiger partial charge in [-0.3, -0.25) is 9.69 Å². The summed E-state index contributed by atoms with van der Waals surface area (Å²) in [4.78, 5) is 14.2. The van der Waals surface area contributed by atoms with Crippen LogP contribution in [0.2, 0.25) is 0 Å².